The lowest BCUT2D eigenvalue weighted by Crippen LogP contribution is -2.52. The van der Waals surface area contributed by atoms with E-state index in [9.17, 15) is 0 Å². The third-order valence-electron chi connectivity index (χ3n) is 6.69. The van der Waals surface area contributed by atoms with Gasteiger partial charge < -0.3 is 29.2 Å². The highest BCUT2D eigenvalue weighted by molar-refractivity contribution is 5.80. The molecule has 9 nitrogen and oxygen atoms in total. The van der Waals surface area contributed by atoms with Crippen LogP contribution in [0.4, 0.5) is 0 Å². The molecule has 172 valence electrons. The molecule has 0 aliphatic carbocycles. The van der Waals surface area contributed by atoms with Gasteiger partial charge in [-0.15, -0.1) is 0 Å². The van der Waals surface area contributed by atoms with Gasteiger partial charge >= 0.3 is 0 Å². The minimum absolute atomic E-state index is 0.0121. The second kappa shape index (κ2) is 8.99. The van der Waals surface area contributed by atoms with Crippen LogP contribution in [-0.4, -0.2) is 73.9 Å². The van der Waals surface area contributed by atoms with Gasteiger partial charge in [-0.2, -0.15) is 5.10 Å². The molecule has 1 aromatic heterocycles. The second-order valence-corrected chi connectivity index (χ2v) is 8.61. The Kier molecular flexibility index (Phi) is 5.93. The fourth-order valence-electron chi connectivity index (χ4n) is 4.79. The van der Waals surface area contributed by atoms with E-state index in [-0.39, 0.29) is 18.3 Å². The van der Waals surface area contributed by atoms with Gasteiger partial charge in [0.05, 0.1) is 19.3 Å². The average Bonchev–Trinajstić information content (AvgIpc) is 3.49. The number of aromatic nitrogens is 2. The standard InChI is InChI=1S/C23H31N5O4/c1-24-22(28-7-10-30-21(14-28)17-12-26-27(2)13-17)25-15-23(5-8-29-9-6-23)18-3-4-19-20(11-18)32-16-31-19/h3-4,11-13,21H,5-10,14-16H2,1-2H3,(H,24,25). The molecule has 32 heavy (non-hydrogen) atoms. The molecule has 1 atom stereocenters. The van der Waals surface area contributed by atoms with Gasteiger partial charge in [-0.3, -0.25) is 9.67 Å². The number of rotatable bonds is 4. The number of hydrogen-bond acceptors (Lipinski definition) is 6. The summed E-state index contributed by atoms with van der Waals surface area (Å²) in [6, 6.07) is 6.31. The van der Waals surface area contributed by atoms with E-state index in [4.69, 9.17) is 18.9 Å². The molecule has 9 heteroatoms. The molecule has 0 spiro atoms. The van der Waals surface area contributed by atoms with Crippen LogP contribution in [0.5, 0.6) is 11.5 Å². The Morgan fingerprint density at radius 1 is 1.22 bits per heavy atom. The van der Waals surface area contributed by atoms with Crippen molar-refractivity contribution in [2.45, 2.75) is 24.4 Å². The zero-order valence-corrected chi connectivity index (χ0v) is 18.7. The maximum Gasteiger partial charge on any atom is 0.231 e. The summed E-state index contributed by atoms with van der Waals surface area (Å²) >= 11 is 0. The number of ether oxygens (including phenoxy) is 4. The van der Waals surface area contributed by atoms with Crippen molar-refractivity contribution in [1.82, 2.24) is 20.0 Å². The van der Waals surface area contributed by atoms with Crippen LogP contribution in [0.2, 0.25) is 0 Å². The van der Waals surface area contributed by atoms with Gasteiger partial charge in [0.15, 0.2) is 17.5 Å². The fraction of sp³-hybridized carbons (Fsp3) is 0.565. The number of aryl methyl sites for hydroxylation is 1. The Labute approximate surface area is 188 Å². The zero-order chi connectivity index (χ0) is 22.0. The maximum absolute atomic E-state index is 6.01. The summed E-state index contributed by atoms with van der Waals surface area (Å²) in [5.74, 6) is 2.54. The number of nitrogens with one attached hydrogen (secondary N) is 1. The monoisotopic (exact) mass is 441 g/mol. The highest BCUT2D eigenvalue weighted by Gasteiger charge is 2.36. The molecule has 4 heterocycles. The van der Waals surface area contributed by atoms with E-state index in [1.54, 1.807) is 0 Å². The molecule has 0 radical (unpaired) electrons. The van der Waals surface area contributed by atoms with E-state index in [1.165, 1.54) is 5.56 Å². The first-order chi connectivity index (χ1) is 15.7. The smallest absolute Gasteiger partial charge is 0.231 e. The predicted molar refractivity (Wildman–Crippen MR) is 119 cm³/mol. The van der Waals surface area contributed by atoms with E-state index in [0.29, 0.717) is 6.61 Å². The number of hydrogen-bond donors (Lipinski definition) is 1. The molecular weight excluding hydrogens is 410 g/mol. The van der Waals surface area contributed by atoms with Crippen LogP contribution in [0.15, 0.2) is 35.6 Å². The number of benzene rings is 1. The van der Waals surface area contributed by atoms with Gasteiger partial charge in [-0.1, -0.05) is 6.07 Å². The van der Waals surface area contributed by atoms with E-state index in [0.717, 1.165) is 68.7 Å². The molecule has 3 aliphatic rings. The minimum Gasteiger partial charge on any atom is -0.454 e. The van der Waals surface area contributed by atoms with Crippen LogP contribution in [0.3, 0.4) is 0 Å². The first-order valence-corrected chi connectivity index (χ1v) is 11.2. The van der Waals surface area contributed by atoms with Crippen LogP contribution in [0.1, 0.15) is 30.1 Å². The molecule has 0 amide bonds. The molecule has 1 aromatic carbocycles. The number of fused-ring (bicyclic) bond motifs is 1. The number of nitrogens with zero attached hydrogens (tertiary/aromatic N) is 4. The summed E-state index contributed by atoms with van der Waals surface area (Å²) in [7, 11) is 3.77. The van der Waals surface area contributed by atoms with Gasteiger partial charge in [0.1, 0.15) is 6.10 Å². The molecular formula is C23H31N5O4. The SMILES string of the molecule is CN=C(NCC1(c2ccc3c(c2)OCO3)CCOCC1)N1CCOC(c2cnn(C)c2)C1. The predicted octanol–water partition coefficient (Wildman–Crippen LogP) is 1.85. The summed E-state index contributed by atoms with van der Waals surface area (Å²) in [5.41, 5.74) is 2.29. The lowest BCUT2D eigenvalue weighted by atomic mass is 9.74. The lowest BCUT2D eigenvalue weighted by Gasteiger charge is -2.40. The van der Waals surface area contributed by atoms with Crippen LogP contribution in [0, 0.1) is 0 Å². The van der Waals surface area contributed by atoms with Crippen LogP contribution < -0.4 is 14.8 Å². The largest absolute Gasteiger partial charge is 0.454 e. The molecule has 0 saturated carbocycles. The highest BCUT2D eigenvalue weighted by atomic mass is 16.7. The van der Waals surface area contributed by atoms with Crippen molar-refractivity contribution < 1.29 is 18.9 Å². The topological polar surface area (TPSA) is 82.4 Å². The Bertz CT molecular complexity index is 969. The van der Waals surface area contributed by atoms with E-state index < -0.39 is 0 Å². The molecule has 2 aromatic rings. The number of aliphatic imine (C=N–C) groups is 1. The normalized spacial score (nSPS) is 22.8. The third kappa shape index (κ3) is 4.14. The molecule has 3 aliphatic heterocycles. The maximum atomic E-state index is 6.01. The average molecular weight is 442 g/mol. The number of morpholine rings is 1. The zero-order valence-electron chi connectivity index (χ0n) is 18.7. The first kappa shape index (κ1) is 21.1. The highest BCUT2D eigenvalue weighted by Crippen LogP contribution is 2.40. The quantitative estimate of drug-likeness (QED) is 0.573. The van der Waals surface area contributed by atoms with Crippen molar-refractivity contribution in [2.24, 2.45) is 12.0 Å². The summed E-state index contributed by atoms with van der Waals surface area (Å²) in [6.07, 6.45) is 5.76. The Morgan fingerprint density at radius 3 is 2.84 bits per heavy atom. The van der Waals surface area contributed by atoms with Crippen molar-refractivity contribution in [2.75, 3.05) is 53.3 Å². The summed E-state index contributed by atoms with van der Waals surface area (Å²) in [4.78, 5) is 6.86. The van der Waals surface area contributed by atoms with Gasteiger partial charge in [0.25, 0.3) is 0 Å². The molecule has 1 N–H and O–H groups in total. The lowest BCUT2D eigenvalue weighted by molar-refractivity contribution is -0.00835. The van der Waals surface area contributed by atoms with Crippen molar-refractivity contribution >= 4 is 5.96 Å². The first-order valence-electron chi connectivity index (χ1n) is 11.2. The molecule has 2 saturated heterocycles. The van der Waals surface area contributed by atoms with Crippen LogP contribution in [-0.2, 0) is 21.9 Å². The van der Waals surface area contributed by atoms with E-state index in [2.05, 4.69) is 32.4 Å². The van der Waals surface area contributed by atoms with E-state index in [1.807, 2.05) is 37.2 Å². The summed E-state index contributed by atoms with van der Waals surface area (Å²) in [6.45, 7) is 4.75. The molecule has 5 rings (SSSR count). The summed E-state index contributed by atoms with van der Waals surface area (Å²) < 4.78 is 24.7. The van der Waals surface area contributed by atoms with Crippen LogP contribution >= 0.6 is 0 Å². The molecule has 0 bridgehead atoms. The van der Waals surface area contributed by atoms with Crippen molar-refractivity contribution in [3.05, 3.63) is 41.7 Å². The molecule has 1 unspecified atom stereocenters. The van der Waals surface area contributed by atoms with Crippen LogP contribution in [0.25, 0.3) is 0 Å². The number of guanidine groups is 1. The van der Waals surface area contributed by atoms with Crippen molar-refractivity contribution in [3.63, 3.8) is 0 Å². The minimum atomic E-state index is -0.0514. The molecule has 2 fully saturated rings. The third-order valence-corrected chi connectivity index (χ3v) is 6.69. The van der Waals surface area contributed by atoms with Gasteiger partial charge in [0, 0.05) is 57.6 Å². The van der Waals surface area contributed by atoms with Gasteiger partial charge in [-0.05, 0) is 30.5 Å². The van der Waals surface area contributed by atoms with Crippen molar-refractivity contribution in [1.29, 1.82) is 0 Å². The second-order valence-electron chi connectivity index (χ2n) is 8.61. The summed E-state index contributed by atoms with van der Waals surface area (Å²) in [5, 5.41) is 7.95. The van der Waals surface area contributed by atoms with Gasteiger partial charge in [-0.25, -0.2) is 0 Å². The van der Waals surface area contributed by atoms with E-state index >= 15 is 0 Å². The Hall–Kier alpha value is -2.78. The van der Waals surface area contributed by atoms with Gasteiger partial charge in [0.2, 0.25) is 6.79 Å². The fourth-order valence-corrected chi connectivity index (χ4v) is 4.79. The Balaban J connectivity index is 1.31. The Morgan fingerprint density at radius 2 is 2.06 bits per heavy atom. The van der Waals surface area contributed by atoms with Crippen molar-refractivity contribution in [3.8, 4) is 11.5 Å².